The van der Waals surface area contributed by atoms with Gasteiger partial charge in [0, 0.05) is 10.6 Å². The fourth-order valence-corrected chi connectivity index (χ4v) is 1.69. The van der Waals surface area contributed by atoms with E-state index in [-0.39, 0.29) is 6.61 Å². The summed E-state index contributed by atoms with van der Waals surface area (Å²) in [6, 6.07) is 6.96. The van der Waals surface area contributed by atoms with E-state index in [1.54, 1.807) is 31.2 Å². The number of halogens is 1. The zero-order valence-corrected chi connectivity index (χ0v) is 11.4. The fraction of sp³-hybridized carbons (Fsp3) is 0.143. The SMILES string of the molecule is C#CCOC(=O)Nc1c(C)noc1-c1ccc(Cl)cc1. The molecule has 102 valence electrons. The molecule has 0 unspecified atom stereocenters. The molecule has 20 heavy (non-hydrogen) atoms. The maximum absolute atomic E-state index is 11.5. The number of nitrogens with zero attached hydrogens (tertiary/aromatic N) is 1. The molecule has 0 bridgehead atoms. The molecule has 0 saturated carbocycles. The number of hydrogen-bond acceptors (Lipinski definition) is 4. The van der Waals surface area contributed by atoms with Gasteiger partial charge in [0.25, 0.3) is 0 Å². The molecule has 1 aromatic carbocycles. The molecule has 0 fully saturated rings. The molecule has 2 rings (SSSR count). The van der Waals surface area contributed by atoms with Gasteiger partial charge in [-0.05, 0) is 31.2 Å². The average molecular weight is 291 g/mol. The Morgan fingerprint density at radius 1 is 1.50 bits per heavy atom. The Balaban J connectivity index is 2.26. The number of carbonyl (C=O) groups excluding carboxylic acids is 1. The number of aryl methyl sites for hydroxylation is 1. The number of ether oxygens (including phenoxy) is 1. The lowest BCUT2D eigenvalue weighted by Gasteiger charge is -2.05. The first-order chi connectivity index (χ1) is 9.61. The Hall–Kier alpha value is -2.45. The maximum atomic E-state index is 11.5. The van der Waals surface area contributed by atoms with E-state index in [1.165, 1.54) is 0 Å². The van der Waals surface area contributed by atoms with Gasteiger partial charge in [-0.25, -0.2) is 4.79 Å². The van der Waals surface area contributed by atoms with Crippen LogP contribution in [0.15, 0.2) is 28.8 Å². The van der Waals surface area contributed by atoms with E-state index < -0.39 is 6.09 Å². The molecular formula is C14H11ClN2O3. The molecule has 0 aliphatic rings. The lowest BCUT2D eigenvalue weighted by atomic mass is 10.1. The first-order valence-electron chi connectivity index (χ1n) is 5.71. The number of amides is 1. The van der Waals surface area contributed by atoms with Gasteiger partial charge in [-0.1, -0.05) is 22.7 Å². The third-order valence-electron chi connectivity index (χ3n) is 2.48. The largest absolute Gasteiger partial charge is 0.436 e. The van der Waals surface area contributed by atoms with Gasteiger partial charge in [-0.3, -0.25) is 5.32 Å². The van der Waals surface area contributed by atoms with Crippen molar-refractivity contribution in [1.82, 2.24) is 5.16 Å². The molecule has 5 nitrogen and oxygen atoms in total. The normalized spacial score (nSPS) is 9.85. The van der Waals surface area contributed by atoms with Crippen molar-refractivity contribution >= 4 is 23.4 Å². The molecule has 0 saturated heterocycles. The van der Waals surface area contributed by atoms with E-state index in [9.17, 15) is 4.79 Å². The van der Waals surface area contributed by atoms with E-state index >= 15 is 0 Å². The Morgan fingerprint density at radius 3 is 2.85 bits per heavy atom. The number of terminal acetylenes is 1. The van der Waals surface area contributed by atoms with Crippen molar-refractivity contribution in [2.24, 2.45) is 0 Å². The summed E-state index contributed by atoms with van der Waals surface area (Å²) in [5, 5.41) is 7.00. The minimum atomic E-state index is -0.663. The van der Waals surface area contributed by atoms with Crippen molar-refractivity contribution in [3.8, 4) is 23.7 Å². The molecule has 0 aliphatic heterocycles. The number of anilines is 1. The highest BCUT2D eigenvalue weighted by Crippen LogP contribution is 2.31. The van der Waals surface area contributed by atoms with Crippen LogP contribution in [0.2, 0.25) is 5.02 Å². The zero-order valence-electron chi connectivity index (χ0n) is 10.6. The van der Waals surface area contributed by atoms with Crippen LogP contribution in [-0.2, 0) is 4.74 Å². The Bertz CT molecular complexity index is 656. The van der Waals surface area contributed by atoms with Gasteiger partial charge in [0.2, 0.25) is 0 Å². The second kappa shape index (κ2) is 6.13. The zero-order chi connectivity index (χ0) is 14.5. The van der Waals surface area contributed by atoms with E-state index in [0.717, 1.165) is 5.56 Å². The number of aromatic nitrogens is 1. The van der Waals surface area contributed by atoms with Crippen LogP contribution in [0, 0.1) is 19.3 Å². The molecule has 0 spiro atoms. The van der Waals surface area contributed by atoms with Crippen LogP contribution >= 0.6 is 11.6 Å². The summed E-state index contributed by atoms with van der Waals surface area (Å²) in [6.07, 6.45) is 4.35. The predicted octanol–water partition coefficient (Wildman–Crippen LogP) is 3.49. The summed E-state index contributed by atoms with van der Waals surface area (Å²) in [4.78, 5) is 11.5. The topological polar surface area (TPSA) is 64.4 Å². The summed E-state index contributed by atoms with van der Waals surface area (Å²) < 4.78 is 9.98. The quantitative estimate of drug-likeness (QED) is 0.879. The summed E-state index contributed by atoms with van der Waals surface area (Å²) in [5.41, 5.74) is 1.71. The minimum absolute atomic E-state index is 0.105. The first-order valence-corrected chi connectivity index (χ1v) is 6.09. The van der Waals surface area contributed by atoms with E-state index in [2.05, 4.69) is 16.4 Å². The molecule has 6 heteroatoms. The summed E-state index contributed by atoms with van der Waals surface area (Å²) in [6.45, 7) is 1.60. The van der Waals surface area contributed by atoms with Gasteiger partial charge in [0.1, 0.15) is 11.4 Å². The van der Waals surface area contributed by atoms with E-state index in [1.807, 2.05) is 0 Å². The van der Waals surface area contributed by atoms with Gasteiger partial charge in [-0.15, -0.1) is 6.42 Å². The Labute approximate surface area is 120 Å². The van der Waals surface area contributed by atoms with Crippen LogP contribution in [0.1, 0.15) is 5.69 Å². The molecule has 1 amide bonds. The second-order valence-corrected chi connectivity index (χ2v) is 4.32. The standard InChI is InChI=1S/C14H11ClN2O3/c1-3-8-19-14(18)16-12-9(2)17-20-13(12)10-4-6-11(15)7-5-10/h1,4-7H,8H2,2H3,(H,16,18). The first kappa shape index (κ1) is 14.0. The highest BCUT2D eigenvalue weighted by molar-refractivity contribution is 6.30. The Morgan fingerprint density at radius 2 is 2.20 bits per heavy atom. The third kappa shape index (κ3) is 3.11. The second-order valence-electron chi connectivity index (χ2n) is 3.88. The Kier molecular flexibility index (Phi) is 4.28. The third-order valence-corrected chi connectivity index (χ3v) is 2.73. The molecular weight excluding hydrogens is 280 g/mol. The van der Waals surface area contributed by atoms with Crippen LogP contribution < -0.4 is 5.32 Å². The minimum Gasteiger partial charge on any atom is -0.436 e. The molecule has 2 aromatic rings. The molecule has 0 aliphatic carbocycles. The smallest absolute Gasteiger partial charge is 0.412 e. The van der Waals surface area contributed by atoms with E-state index in [4.69, 9.17) is 27.3 Å². The lowest BCUT2D eigenvalue weighted by molar-refractivity contribution is 0.176. The van der Waals surface area contributed by atoms with Gasteiger partial charge in [0.15, 0.2) is 12.4 Å². The van der Waals surface area contributed by atoms with Crippen molar-refractivity contribution < 1.29 is 14.1 Å². The predicted molar refractivity (Wildman–Crippen MR) is 75.5 cm³/mol. The van der Waals surface area contributed by atoms with Crippen molar-refractivity contribution in [3.05, 3.63) is 35.0 Å². The van der Waals surface area contributed by atoms with Crippen LogP contribution in [0.4, 0.5) is 10.5 Å². The summed E-state index contributed by atoms with van der Waals surface area (Å²) in [7, 11) is 0. The number of hydrogen-bond donors (Lipinski definition) is 1. The van der Waals surface area contributed by atoms with Crippen LogP contribution in [-0.4, -0.2) is 17.9 Å². The fourth-order valence-electron chi connectivity index (χ4n) is 1.56. The van der Waals surface area contributed by atoms with Crippen LogP contribution in [0.25, 0.3) is 11.3 Å². The molecule has 0 radical (unpaired) electrons. The highest BCUT2D eigenvalue weighted by Gasteiger charge is 2.17. The molecule has 1 aromatic heterocycles. The van der Waals surface area contributed by atoms with Crippen LogP contribution in [0.3, 0.4) is 0 Å². The summed E-state index contributed by atoms with van der Waals surface area (Å²) in [5.74, 6) is 2.64. The van der Waals surface area contributed by atoms with Crippen molar-refractivity contribution in [2.45, 2.75) is 6.92 Å². The molecule has 1 heterocycles. The summed E-state index contributed by atoms with van der Waals surface area (Å²) >= 11 is 5.83. The van der Waals surface area contributed by atoms with Crippen molar-refractivity contribution in [1.29, 1.82) is 0 Å². The van der Waals surface area contributed by atoms with Gasteiger partial charge >= 0.3 is 6.09 Å². The highest BCUT2D eigenvalue weighted by atomic mass is 35.5. The van der Waals surface area contributed by atoms with Gasteiger partial charge in [-0.2, -0.15) is 0 Å². The number of nitrogens with one attached hydrogen (secondary N) is 1. The van der Waals surface area contributed by atoms with Gasteiger partial charge in [0.05, 0.1) is 0 Å². The number of carbonyl (C=O) groups is 1. The molecule has 0 atom stereocenters. The van der Waals surface area contributed by atoms with Crippen molar-refractivity contribution in [3.63, 3.8) is 0 Å². The lowest BCUT2D eigenvalue weighted by Crippen LogP contribution is -2.14. The van der Waals surface area contributed by atoms with Gasteiger partial charge < -0.3 is 9.26 Å². The number of rotatable bonds is 3. The van der Waals surface area contributed by atoms with Crippen LogP contribution in [0.5, 0.6) is 0 Å². The monoisotopic (exact) mass is 290 g/mol. The van der Waals surface area contributed by atoms with E-state index in [0.29, 0.717) is 22.2 Å². The molecule has 1 N–H and O–H groups in total. The maximum Gasteiger partial charge on any atom is 0.412 e. The number of benzene rings is 1. The van der Waals surface area contributed by atoms with Crippen molar-refractivity contribution in [2.75, 3.05) is 11.9 Å². The average Bonchev–Trinajstić information content (AvgIpc) is 2.79.